The number of furan rings is 1. The summed E-state index contributed by atoms with van der Waals surface area (Å²) in [4.78, 5) is 26.5. The summed E-state index contributed by atoms with van der Waals surface area (Å²) in [5.74, 6) is -0.224. The molecule has 5 aromatic rings. The quantitative estimate of drug-likeness (QED) is 0.174. The van der Waals surface area contributed by atoms with Crippen molar-refractivity contribution in [3.8, 4) is 17.1 Å². The average molecular weight is 620 g/mol. The van der Waals surface area contributed by atoms with Gasteiger partial charge in [-0.15, -0.1) is 0 Å². The summed E-state index contributed by atoms with van der Waals surface area (Å²) in [6.07, 6.45) is -1.15. The minimum Gasteiger partial charge on any atom is -0.462 e. The number of hydrogen-bond acceptors (Lipinski definition) is 7. The number of para-hydroxylation sites is 1. The lowest BCUT2D eigenvalue weighted by molar-refractivity contribution is 0.0528. The number of benzene rings is 4. The minimum absolute atomic E-state index is 0.0534. The third kappa shape index (κ3) is 5.36. The zero-order valence-electron chi connectivity index (χ0n) is 21.1. The first-order valence-electron chi connectivity index (χ1n) is 12.2. The fourth-order valence-electron chi connectivity index (χ4n) is 4.10. The molecule has 10 heteroatoms. The zero-order valence-corrected chi connectivity index (χ0v) is 23.5. The minimum atomic E-state index is -4.46. The molecule has 202 valence electrons. The van der Waals surface area contributed by atoms with E-state index >= 15 is 0 Å². The topological polar surface area (TPSA) is 103 Å². The fraction of sp³-hybridized carbons (Fsp3) is 0.0667. The molecule has 1 heterocycles. The first kappa shape index (κ1) is 27.2. The van der Waals surface area contributed by atoms with E-state index in [-0.39, 0.29) is 39.6 Å². The largest absolute Gasteiger partial charge is 0.462 e. The highest BCUT2D eigenvalue weighted by molar-refractivity contribution is 9.10. The van der Waals surface area contributed by atoms with Crippen LogP contribution in [0.25, 0.3) is 22.3 Å². The van der Waals surface area contributed by atoms with E-state index in [1.165, 1.54) is 42.5 Å². The van der Waals surface area contributed by atoms with E-state index in [9.17, 15) is 18.0 Å². The van der Waals surface area contributed by atoms with Gasteiger partial charge >= 0.3 is 12.1 Å². The third-order valence-corrected chi connectivity index (χ3v) is 8.12. The smallest absolute Gasteiger partial charge is 0.434 e. The van der Waals surface area contributed by atoms with Crippen molar-refractivity contribution in [2.75, 3.05) is 10.9 Å². The van der Waals surface area contributed by atoms with Gasteiger partial charge in [-0.3, -0.25) is 0 Å². The maximum absolute atomic E-state index is 13.9. The molecule has 1 aromatic heterocycles. The van der Waals surface area contributed by atoms with Gasteiger partial charge in [-0.2, -0.15) is 4.31 Å². The fourth-order valence-corrected chi connectivity index (χ4v) is 5.68. The van der Waals surface area contributed by atoms with E-state index in [1.807, 2.05) is 6.07 Å². The molecule has 5 rings (SSSR count). The molecule has 0 aliphatic carbocycles. The van der Waals surface area contributed by atoms with Crippen molar-refractivity contribution in [1.29, 1.82) is 0 Å². The maximum Gasteiger partial charge on any atom is 0.434 e. The Bertz CT molecular complexity index is 1790. The standard InChI is InChI=1S/C30H22BrNO7S/c1-2-37-29(33)27-25-19-22(15-18-26(25)39-28(27)20-9-5-3-6-10-20)32(30(34)38-23-11-7-4-8-12-23)40(35,36)24-16-13-21(31)14-17-24/h3-19H,2H2,1H3. The molecule has 4 aromatic carbocycles. The highest BCUT2D eigenvalue weighted by atomic mass is 79.9. The first-order valence-corrected chi connectivity index (χ1v) is 14.4. The lowest BCUT2D eigenvalue weighted by atomic mass is 10.1. The summed E-state index contributed by atoms with van der Waals surface area (Å²) in [7, 11) is -4.46. The number of nitrogens with zero attached hydrogens (tertiary/aromatic N) is 1. The normalized spacial score (nSPS) is 11.2. The van der Waals surface area contributed by atoms with Crippen LogP contribution in [0.2, 0.25) is 0 Å². The van der Waals surface area contributed by atoms with Crippen LogP contribution in [-0.4, -0.2) is 27.1 Å². The molecule has 0 saturated carbocycles. The summed E-state index contributed by atoms with van der Waals surface area (Å²) in [6, 6.07) is 27.3. The van der Waals surface area contributed by atoms with Crippen LogP contribution in [0.1, 0.15) is 17.3 Å². The summed E-state index contributed by atoms with van der Waals surface area (Å²) >= 11 is 3.30. The van der Waals surface area contributed by atoms with Gasteiger partial charge in [-0.05, 0) is 61.5 Å². The first-order chi connectivity index (χ1) is 19.3. The predicted molar refractivity (Wildman–Crippen MR) is 154 cm³/mol. The van der Waals surface area contributed by atoms with Crippen LogP contribution in [0.4, 0.5) is 10.5 Å². The Morgan fingerprint density at radius 2 is 1.52 bits per heavy atom. The van der Waals surface area contributed by atoms with E-state index in [2.05, 4.69) is 15.9 Å². The molecule has 0 unspecified atom stereocenters. The average Bonchev–Trinajstić information content (AvgIpc) is 3.33. The van der Waals surface area contributed by atoms with Crippen molar-refractivity contribution < 1.29 is 31.9 Å². The summed E-state index contributed by atoms with van der Waals surface area (Å²) < 4.78 is 45.7. The van der Waals surface area contributed by atoms with Crippen LogP contribution in [0.15, 0.2) is 117 Å². The molecule has 0 N–H and O–H groups in total. The number of carbonyl (C=O) groups excluding carboxylic acids is 2. The Morgan fingerprint density at radius 3 is 2.17 bits per heavy atom. The molecule has 0 atom stereocenters. The van der Waals surface area contributed by atoms with Crippen LogP contribution < -0.4 is 9.04 Å². The monoisotopic (exact) mass is 619 g/mol. The lowest BCUT2D eigenvalue weighted by Crippen LogP contribution is -2.39. The molecule has 1 amide bonds. The van der Waals surface area contributed by atoms with Gasteiger partial charge in [0, 0.05) is 15.4 Å². The highest BCUT2D eigenvalue weighted by Gasteiger charge is 2.34. The number of hydrogen-bond donors (Lipinski definition) is 0. The van der Waals surface area contributed by atoms with Crippen LogP contribution >= 0.6 is 15.9 Å². The number of ether oxygens (including phenoxy) is 2. The van der Waals surface area contributed by atoms with Gasteiger partial charge in [0.05, 0.1) is 17.2 Å². The molecule has 40 heavy (non-hydrogen) atoms. The van der Waals surface area contributed by atoms with Crippen molar-refractivity contribution in [1.82, 2.24) is 0 Å². The van der Waals surface area contributed by atoms with Crippen molar-refractivity contribution >= 4 is 54.7 Å². The number of esters is 1. The molecule has 0 saturated heterocycles. The Labute approximate surface area is 238 Å². The van der Waals surface area contributed by atoms with E-state index < -0.39 is 22.1 Å². The maximum atomic E-state index is 13.9. The molecule has 0 radical (unpaired) electrons. The van der Waals surface area contributed by atoms with Gasteiger partial charge in [-0.25, -0.2) is 18.0 Å². The number of rotatable bonds is 7. The van der Waals surface area contributed by atoms with Crippen molar-refractivity contribution in [3.63, 3.8) is 0 Å². The number of fused-ring (bicyclic) bond motifs is 1. The van der Waals surface area contributed by atoms with Gasteiger partial charge in [0.1, 0.15) is 22.7 Å². The van der Waals surface area contributed by atoms with Gasteiger partial charge in [0.2, 0.25) is 0 Å². The molecule has 0 aliphatic rings. The Morgan fingerprint density at radius 1 is 0.875 bits per heavy atom. The molecule has 8 nitrogen and oxygen atoms in total. The van der Waals surface area contributed by atoms with Gasteiger partial charge in [0.25, 0.3) is 10.0 Å². The second kappa shape index (κ2) is 11.4. The van der Waals surface area contributed by atoms with E-state index in [4.69, 9.17) is 13.9 Å². The molecular weight excluding hydrogens is 598 g/mol. The zero-order chi connectivity index (χ0) is 28.3. The number of halogens is 1. The Kier molecular flexibility index (Phi) is 7.72. The highest BCUT2D eigenvalue weighted by Crippen LogP contribution is 2.37. The predicted octanol–water partition coefficient (Wildman–Crippen LogP) is 7.43. The summed E-state index contributed by atoms with van der Waals surface area (Å²) in [6.45, 7) is 1.80. The van der Waals surface area contributed by atoms with E-state index in [1.54, 1.807) is 61.5 Å². The third-order valence-electron chi connectivity index (χ3n) is 5.89. The number of carbonyl (C=O) groups is 2. The van der Waals surface area contributed by atoms with Crippen LogP contribution in [0.3, 0.4) is 0 Å². The lowest BCUT2D eigenvalue weighted by Gasteiger charge is -2.22. The van der Waals surface area contributed by atoms with Crippen LogP contribution in [0.5, 0.6) is 5.75 Å². The van der Waals surface area contributed by atoms with E-state index in [0.29, 0.717) is 19.9 Å². The molecule has 0 fully saturated rings. The van der Waals surface area contributed by atoms with Gasteiger partial charge in [0.15, 0.2) is 0 Å². The summed E-state index contributed by atoms with van der Waals surface area (Å²) in [5.41, 5.74) is 0.999. The van der Waals surface area contributed by atoms with E-state index in [0.717, 1.165) is 0 Å². The van der Waals surface area contributed by atoms with Crippen molar-refractivity contribution in [2.24, 2.45) is 0 Å². The number of anilines is 1. The number of amides is 1. The second-order valence-electron chi connectivity index (χ2n) is 8.48. The van der Waals surface area contributed by atoms with Crippen LogP contribution in [-0.2, 0) is 14.8 Å². The Hall–Kier alpha value is -4.41. The van der Waals surface area contributed by atoms with Crippen molar-refractivity contribution in [2.45, 2.75) is 11.8 Å². The SMILES string of the molecule is CCOC(=O)c1c(-c2ccccc2)oc2ccc(N(C(=O)Oc3ccccc3)S(=O)(=O)c3ccc(Br)cc3)cc12. The van der Waals surface area contributed by atoms with Gasteiger partial charge < -0.3 is 13.9 Å². The van der Waals surface area contributed by atoms with Crippen molar-refractivity contribution in [3.05, 3.63) is 113 Å². The summed E-state index contributed by atoms with van der Waals surface area (Å²) in [5, 5.41) is 0.276. The van der Waals surface area contributed by atoms with Crippen LogP contribution in [0, 0.1) is 0 Å². The molecular formula is C30H22BrNO7S. The number of sulfonamides is 1. The van der Waals surface area contributed by atoms with Gasteiger partial charge in [-0.1, -0.05) is 64.5 Å². The second-order valence-corrected chi connectivity index (χ2v) is 11.2. The molecule has 0 aliphatic heterocycles. The molecule has 0 bridgehead atoms. The Balaban J connectivity index is 1.70. The molecule has 0 spiro atoms.